The highest BCUT2D eigenvalue weighted by molar-refractivity contribution is 7.89. The zero-order valence-corrected chi connectivity index (χ0v) is 13.8. The fourth-order valence-corrected chi connectivity index (χ4v) is 3.89. The third-order valence-corrected chi connectivity index (χ3v) is 5.38. The first-order valence-corrected chi connectivity index (χ1v) is 9.12. The molecule has 0 spiro atoms. The molecule has 8 heteroatoms. The predicted molar refractivity (Wildman–Crippen MR) is 82.9 cm³/mol. The normalized spacial score (nSPS) is 28.4. The number of nitrogens with one attached hydrogen (secondary N) is 2. The lowest BCUT2D eigenvalue weighted by Crippen LogP contribution is -2.50. The van der Waals surface area contributed by atoms with Crippen molar-refractivity contribution in [1.82, 2.24) is 14.9 Å². The second kappa shape index (κ2) is 6.93. The van der Waals surface area contributed by atoms with Gasteiger partial charge in [0.25, 0.3) is 0 Å². The molecule has 1 saturated carbocycles. The van der Waals surface area contributed by atoms with Crippen LogP contribution in [0.4, 0.5) is 0 Å². The van der Waals surface area contributed by atoms with Crippen LogP contribution in [0.1, 0.15) is 26.7 Å². The van der Waals surface area contributed by atoms with E-state index in [2.05, 4.69) is 15.6 Å². The van der Waals surface area contributed by atoms with Crippen LogP contribution in [-0.2, 0) is 14.8 Å². The van der Waals surface area contributed by atoms with Gasteiger partial charge in [-0.1, -0.05) is 0 Å². The number of ether oxygens (including phenoxy) is 1. The third-order valence-electron chi connectivity index (χ3n) is 3.57. The summed E-state index contributed by atoms with van der Waals surface area (Å²) >= 11 is 0. The first kappa shape index (κ1) is 16.5. The van der Waals surface area contributed by atoms with E-state index in [1.54, 1.807) is 7.05 Å². The minimum atomic E-state index is -3.26. The van der Waals surface area contributed by atoms with Gasteiger partial charge in [0.05, 0.1) is 18.0 Å². The highest BCUT2D eigenvalue weighted by atomic mass is 32.2. The summed E-state index contributed by atoms with van der Waals surface area (Å²) in [4.78, 5) is 4.09. The molecule has 2 atom stereocenters. The maximum absolute atomic E-state index is 12.4. The van der Waals surface area contributed by atoms with Crippen molar-refractivity contribution in [2.45, 2.75) is 44.9 Å². The number of sulfonamides is 1. The fourth-order valence-electron chi connectivity index (χ4n) is 2.40. The molecular weight excluding hydrogens is 292 g/mol. The van der Waals surface area contributed by atoms with Crippen LogP contribution in [0.25, 0.3) is 0 Å². The van der Waals surface area contributed by atoms with E-state index in [-0.39, 0.29) is 18.0 Å². The van der Waals surface area contributed by atoms with Crippen molar-refractivity contribution < 1.29 is 13.2 Å². The molecule has 0 aromatic heterocycles. The summed E-state index contributed by atoms with van der Waals surface area (Å²) < 4.78 is 31.8. The van der Waals surface area contributed by atoms with Gasteiger partial charge in [-0.05, 0) is 26.7 Å². The molecule has 1 saturated heterocycles. The number of aliphatic imine (C=N–C) groups is 1. The largest absolute Gasteiger partial charge is 0.373 e. The van der Waals surface area contributed by atoms with Crippen molar-refractivity contribution in [3.8, 4) is 0 Å². The van der Waals surface area contributed by atoms with Crippen molar-refractivity contribution in [2.24, 2.45) is 4.99 Å². The number of hydrogen-bond acceptors (Lipinski definition) is 4. The van der Waals surface area contributed by atoms with E-state index in [1.807, 2.05) is 13.8 Å². The molecule has 2 rings (SSSR count). The van der Waals surface area contributed by atoms with Gasteiger partial charge >= 0.3 is 0 Å². The standard InChI is InChI=1S/C13H26N4O3S/c1-10-8-17(9-11(2)20-10)21(18,19)7-6-15-13(14-3)16-12-4-5-12/h10-12H,4-9H2,1-3H3,(H2,14,15,16). The number of rotatable bonds is 5. The maximum Gasteiger partial charge on any atom is 0.216 e. The first-order chi connectivity index (χ1) is 9.90. The summed E-state index contributed by atoms with van der Waals surface area (Å²) in [6.45, 7) is 5.02. The van der Waals surface area contributed by atoms with E-state index < -0.39 is 10.0 Å². The molecule has 0 bridgehead atoms. The van der Waals surface area contributed by atoms with Crippen LogP contribution in [0.3, 0.4) is 0 Å². The van der Waals surface area contributed by atoms with Crippen molar-refractivity contribution >= 4 is 16.0 Å². The Hall–Kier alpha value is -0.860. The quantitative estimate of drug-likeness (QED) is 0.540. The number of hydrogen-bond donors (Lipinski definition) is 2. The highest BCUT2D eigenvalue weighted by Gasteiger charge is 2.30. The Morgan fingerprint density at radius 2 is 1.90 bits per heavy atom. The second-order valence-electron chi connectivity index (χ2n) is 5.81. The van der Waals surface area contributed by atoms with Gasteiger partial charge in [0, 0.05) is 32.7 Å². The van der Waals surface area contributed by atoms with Gasteiger partial charge in [-0.2, -0.15) is 4.31 Å². The number of morpholine rings is 1. The van der Waals surface area contributed by atoms with Crippen molar-refractivity contribution in [3.63, 3.8) is 0 Å². The third kappa shape index (κ3) is 5.12. The molecule has 1 aliphatic heterocycles. The van der Waals surface area contributed by atoms with Gasteiger partial charge in [-0.15, -0.1) is 0 Å². The molecule has 0 aromatic rings. The molecular formula is C13H26N4O3S. The summed E-state index contributed by atoms with van der Waals surface area (Å²) in [5.74, 6) is 0.745. The molecule has 2 aliphatic rings. The molecule has 21 heavy (non-hydrogen) atoms. The molecule has 1 heterocycles. The van der Waals surface area contributed by atoms with Gasteiger partial charge in [0.15, 0.2) is 5.96 Å². The molecule has 2 fully saturated rings. The topological polar surface area (TPSA) is 83.0 Å². The van der Waals surface area contributed by atoms with E-state index >= 15 is 0 Å². The molecule has 0 aromatic carbocycles. The monoisotopic (exact) mass is 318 g/mol. The maximum atomic E-state index is 12.4. The van der Waals surface area contributed by atoms with E-state index in [0.717, 1.165) is 12.8 Å². The minimum absolute atomic E-state index is 0.0548. The van der Waals surface area contributed by atoms with E-state index in [4.69, 9.17) is 4.74 Å². The van der Waals surface area contributed by atoms with Gasteiger partial charge in [-0.25, -0.2) is 8.42 Å². The average Bonchev–Trinajstić information content (AvgIpc) is 3.20. The second-order valence-corrected chi connectivity index (χ2v) is 7.90. The van der Waals surface area contributed by atoms with E-state index in [9.17, 15) is 8.42 Å². The number of nitrogens with zero attached hydrogens (tertiary/aromatic N) is 2. The Kier molecular flexibility index (Phi) is 5.45. The smallest absolute Gasteiger partial charge is 0.216 e. The molecule has 1 aliphatic carbocycles. The Morgan fingerprint density at radius 1 is 1.29 bits per heavy atom. The Bertz CT molecular complexity index is 466. The van der Waals surface area contributed by atoms with Crippen LogP contribution >= 0.6 is 0 Å². The molecule has 122 valence electrons. The van der Waals surface area contributed by atoms with E-state index in [0.29, 0.717) is 31.6 Å². The van der Waals surface area contributed by atoms with Crippen LogP contribution in [0.5, 0.6) is 0 Å². The lowest BCUT2D eigenvalue weighted by molar-refractivity contribution is -0.0440. The molecule has 2 unspecified atom stereocenters. The highest BCUT2D eigenvalue weighted by Crippen LogP contribution is 2.18. The average molecular weight is 318 g/mol. The van der Waals surface area contributed by atoms with Gasteiger partial charge in [-0.3, -0.25) is 4.99 Å². The lowest BCUT2D eigenvalue weighted by atomic mass is 10.3. The van der Waals surface area contributed by atoms with Gasteiger partial charge < -0.3 is 15.4 Å². The first-order valence-electron chi connectivity index (χ1n) is 7.51. The van der Waals surface area contributed by atoms with Crippen molar-refractivity contribution in [2.75, 3.05) is 32.4 Å². The number of guanidine groups is 1. The molecule has 0 radical (unpaired) electrons. The summed E-state index contributed by atoms with van der Waals surface area (Å²) in [5, 5.41) is 6.29. The summed E-state index contributed by atoms with van der Waals surface area (Å²) in [7, 11) is -1.57. The minimum Gasteiger partial charge on any atom is -0.373 e. The predicted octanol–water partition coefficient (Wildman–Crippen LogP) is -0.247. The zero-order valence-electron chi connectivity index (χ0n) is 13.0. The van der Waals surface area contributed by atoms with Crippen LogP contribution < -0.4 is 10.6 Å². The van der Waals surface area contributed by atoms with Crippen LogP contribution in [0, 0.1) is 0 Å². The Morgan fingerprint density at radius 3 is 2.43 bits per heavy atom. The van der Waals surface area contributed by atoms with E-state index in [1.165, 1.54) is 4.31 Å². The van der Waals surface area contributed by atoms with Crippen molar-refractivity contribution in [1.29, 1.82) is 0 Å². The molecule has 7 nitrogen and oxygen atoms in total. The van der Waals surface area contributed by atoms with Crippen LogP contribution in [-0.4, -0.2) is 69.4 Å². The van der Waals surface area contributed by atoms with Crippen LogP contribution in [0.2, 0.25) is 0 Å². The van der Waals surface area contributed by atoms with Crippen molar-refractivity contribution in [3.05, 3.63) is 0 Å². The summed E-state index contributed by atoms with van der Waals surface area (Å²) in [6, 6.07) is 0.494. The SMILES string of the molecule is CN=C(NCCS(=O)(=O)N1CC(C)OC(C)C1)NC1CC1. The van der Waals surface area contributed by atoms with Crippen LogP contribution in [0.15, 0.2) is 4.99 Å². The summed E-state index contributed by atoms with van der Waals surface area (Å²) in [6.07, 6.45) is 2.20. The Balaban J connectivity index is 1.80. The molecule has 2 N–H and O–H groups in total. The summed E-state index contributed by atoms with van der Waals surface area (Å²) in [5.41, 5.74) is 0. The Labute approximate surface area is 127 Å². The zero-order chi connectivity index (χ0) is 15.5. The van der Waals surface area contributed by atoms with Gasteiger partial charge in [0.1, 0.15) is 0 Å². The lowest BCUT2D eigenvalue weighted by Gasteiger charge is -2.34. The molecule has 0 amide bonds. The fraction of sp³-hybridized carbons (Fsp3) is 0.923. The van der Waals surface area contributed by atoms with Gasteiger partial charge in [0.2, 0.25) is 10.0 Å².